The van der Waals surface area contributed by atoms with E-state index in [1.54, 1.807) is 12.1 Å². The van der Waals surface area contributed by atoms with E-state index in [1.807, 2.05) is 44.2 Å². The molecule has 158 valence electrons. The number of nitrogens with zero attached hydrogens (tertiary/aromatic N) is 1. The molecule has 2 aromatic rings. The molecule has 1 heterocycles. The van der Waals surface area contributed by atoms with Crippen molar-refractivity contribution in [2.75, 3.05) is 13.1 Å². The van der Waals surface area contributed by atoms with Gasteiger partial charge in [0, 0.05) is 6.54 Å². The van der Waals surface area contributed by atoms with Crippen molar-refractivity contribution in [1.29, 1.82) is 0 Å². The first-order valence-corrected chi connectivity index (χ1v) is 10.0. The minimum atomic E-state index is -1.17. The molecule has 2 aromatic carbocycles. The molecule has 0 radical (unpaired) electrons. The van der Waals surface area contributed by atoms with Crippen LogP contribution in [0.25, 0.3) is 0 Å². The van der Waals surface area contributed by atoms with E-state index in [2.05, 4.69) is 10.6 Å². The summed E-state index contributed by atoms with van der Waals surface area (Å²) in [5, 5.41) is 5.54. The van der Waals surface area contributed by atoms with E-state index >= 15 is 0 Å². The van der Waals surface area contributed by atoms with Crippen LogP contribution in [0.5, 0.6) is 0 Å². The van der Waals surface area contributed by atoms with Crippen molar-refractivity contribution in [2.45, 2.75) is 32.2 Å². The van der Waals surface area contributed by atoms with Crippen LogP contribution in [0, 0.1) is 11.7 Å². The second kappa shape index (κ2) is 9.07. The highest BCUT2D eigenvalue weighted by atomic mass is 19.1. The van der Waals surface area contributed by atoms with Crippen molar-refractivity contribution < 1.29 is 18.8 Å². The third-order valence-corrected chi connectivity index (χ3v) is 5.11. The summed E-state index contributed by atoms with van der Waals surface area (Å²) in [5.74, 6) is -1.00. The fourth-order valence-electron chi connectivity index (χ4n) is 3.75. The monoisotopic (exact) mass is 411 g/mol. The Morgan fingerprint density at radius 1 is 1.10 bits per heavy atom. The summed E-state index contributed by atoms with van der Waals surface area (Å²) in [6.07, 6.45) is 0.956. The maximum Gasteiger partial charge on any atom is 0.325 e. The fraction of sp³-hybridized carbons (Fsp3) is 0.348. The van der Waals surface area contributed by atoms with Crippen molar-refractivity contribution in [3.8, 4) is 0 Å². The predicted molar refractivity (Wildman–Crippen MR) is 111 cm³/mol. The van der Waals surface area contributed by atoms with E-state index in [0.29, 0.717) is 24.9 Å². The maximum absolute atomic E-state index is 13.3. The minimum absolute atomic E-state index is 0.152. The zero-order chi connectivity index (χ0) is 21.7. The van der Waals surface area contributed by atoms with Crippen LogP contribution in [-0.4, -0.2) is 35.8 Å². The molecule has 0 spiro atoms. The summed E-state index contributed by atoms with van der Waals surface area (Å²) in [5.41, 5.74) is 0.420. The van der Waals surface area contributed by atoms with Crippen molar-refractivity contribution in [3.05, 3.63) is 71.5 Å². The lowest BCUT2D eigenvalue weighted by molar-refractivity contribution is -0.135. The highest BCUT2D eigenvalue weighted by Crippen LogP contribution is 2.35. The molecule has 7 heteroatoms. The average Bonchev–Trinajstić information content (AvgIpc) is 2.94. The Kier molecular flexibility index (Phi) is 6.50. The Morgan fingerprint density at radius 3 is 2.40 bits per heavy atom. The van der Waals surface area contributed by atoms with Gasteiger partial charge in [-0.3, -0.25) is 14.5 Å². The molecule has 4 amide bonds. The number of hydrogen-bond donors (Lipinski definition) is 2. The molecule has 0 bridgehead atoms. The summed E-state index contributed by atoms with van der Waals surface area (Å²) in [7, 11) is 0. The summed E-state index contributed by atoms with van der Waals surface area (Å²) >= 11 is 0. The molecule has 0 saturated carbocycles. The predicted octanol–water partition coefficient (Wildman–Crippen LogP) is 2.98. The Morgan fingerprint density at radius 2 is 1.77 bits per heavy atom. The van der Waals surface area contributed by atoms with Gasteiger partial charge < -0.3 is 10.6 Å². The topological polar surface area (TPSA) is 78.5 Å². The molecule has 1 saturated heterocycles. The van der Waals surface area contributed by atoms with Crippen molar-refractivity contribution in [1.82, 2.24) is 15.5 Å². The van der Waals surface area contributed by atoms with Crippen LogP contribution >= 0.6 is 0 Å². The Hall–Kier alpha value is -3.22. The second-order valence-electron chi connectivity index (χ2n) is 7.92. The third kappa shape index (κ3) is 4.67. The van der Waals surface area contributed by atoms with E-state index < -0.39 is 23.4 Å². The van der Waals surface area contributed by atoms with Crippen LogP contribution in [-0.2, 0) is 21.5 Å². The lowest BCUT2D eigenvalue weighted by atomic mass is 9.82. The first-order valence-electron chi connectivity index (χ1n) is 10.0. The highest BCUT2D eigenvalue weighted by molar-refractivity contribution is 6.09. The molecule has 0 aromatic heterocycles. The average molecular weight is 411 g/mol. The van der Waals surface area contributed by atoms with E-state index in [0.717, 1.165) is 10.5 Å². The van der Waals surface area contributed by atoms with Crippen molar-refractivity contribution in [3.63, 3.8) is 0 Å². The van der Waals surface area contributed by atoms with Gasteiger partial charge in [-0.15, -0.1) is 0 Å². The number of nitrogens with one attached hydrogen (secondary N) is 2. The number of rotatable bonds is 8. The second-order valence-corrected chi connectivity index (χ2v) is 7.92. The van der Waals surface area contributed by atoms with E-state index in [4.69, 9.17) is 0 Å². The summed E-state index contributed by atoms with van der Waals surface area (Å²) < 4.78 is 13.0. The highest BCUT2D eigenvalue weighted by Gasteiger charge is 2.52. The molecule has 30 heavy (non-hydrogen) atoms. The van der Waals surface area contributed by atoms with Gasteiger partial charge in [-0.05, 0) is 42.0 Å². The van der Waals surface area contributed by atoms with Crippen molar-refractivity contribution >= 4 is 17.8 Å². The molecular formula is C23H26FN3O3. The minimum Gasteiger partial charge on any atom is -0.354 e. The van der Waals surface area contributed by atoms with Gasteiger partial charge in [0.15, 0.2) is 0 Å². The number of benzene rings is 2. The molecule has 1 fully saturated rings. The fourth-order valence-corrected chi connectivity index (χ4v) is 3.75. The van der Waals surface area contributed by atoms with Crippen LogP contribution in [0.15, 0.2) is 54.6 Å². The number of hydrogen-bond acceptors (Lipinski definition) is 3. The van der Waals surface area contributed by atoms with Gasteiger partial charge in [0.25, 0.3) is 5.91 Å². The molecular weight excluding hydrogens is 385 g/mol. The number of halogens is 1. The normalized spacial score (nSPS) is 18.6. The zero-order valence-electron chi connectivity index (χ0n) is 17.2. The maximum atomic E-state index is 13.3. The van der Waals surface area contributed by atoms with Crippen LogP contribution in [0.1, 0.15) is 31.4 Å². The summed E-state index contributed by atoms with van der Waals surface area (Å²) in [4.78, 5) is 39.2. The molecule has 1 unspecified atom stereocenters. The van der Waals surface area contributed by atoms with Crippen LogP contribution in [0.3, 0.4) is 0 Å². The van der Waals surface area contributed by atoms with Gasteiger partial charge >= 0.3 is 6.03 Å². The van der Waals surface area contributed by atoms with Gasteiger partial charge in [0.1, 0.15) is 17.9 Å². The Bertz CT molecular complexity index is 915. The van der Waals surface area contributed by atoms with Crippen molar-refractivity contribution in [2.24, 2.45) is 5.92 Å². The number of carbonyl (C=O) groups excluding carboxylic acids is 3. The smallest absolute Gasteiger partial charge is 0.325 e. The molecule has 3 rings (SSSR count). The number of amides is 4. The van der Waals surface area contributed by atoms with Gasteiger partial charge in [-0.25, -0.2) is 9.18 Å². The first-order chi connectivity index (χ1) is 14.3. The largest absolute Gasteiger partial charge is 0.354 e. The lowest BCUT2D eigenvalue weighted by Gasteiger charge is -2.29. The van der Waals surface area contributed by atoms with E-state index in [1.165, 1.54) is 12.1 Å². The van der Waals surface area contributed by atoms with Gasteiger partial charge in [0.05, 0.1) is 0 Å². The standard InChI is InChI=1S/C23H26FN3O3/c1-16(2)14-23(18-6-4-3-5-7-18)21(29)27(22(30)26-23)15-20(28)25-13-12-17-8-10-19(24)11-9-17/h3-11,16H,12-15H2,1-2H3,(H,25,28)(H,26,30). The lowest BCUT2D eigenvalue weighted by Crippen LogP contribution is -2.46. The number of urea groups is 1. The molecule has 6 nitrogen and oxygen atoms in total. The van der Waals surface area contributed by atoms with E-state index in [9.17, 15) is 18.8 Å². The summed E-state index contributed by atoms with van der Waals surface area (Å²) in [6.45, 7) is 3.94. The SMILES string of the molecule is CC(C)CC1(c2ccccc2)NC(=O)N(CC(=O)NCCc2ccc(F)cc2)C1=O. The van der Waals surface area contributed by atoms with Crippen LogP contribution < -0.4 is 10.6 Å². The van der Waals surface area contributed by atoms with Crippen LogP contribution in [0.4, 0.5) is 9.18 Å². The van der Waals surface area contributed by atoms with Crippen LogP contribution in [0.2, 0.25) is 0 Å². The quantitative estimate of drug-likeness (QED) is 0.656. The number of carbonyl (C=O) groups is 3. The Balaban J connectivity index is 1.65. The molecule has 0 aliphatic carbocycles. The van der Waals surface area contributed by atoms with E-state index in [-0.39, 0.29) is 18.3 Å². The molecule has 1 atom stereocenters. The molecule has 1 aliphatic heterocycles. The Labute approximate surface area is 175 Å². The molecule has 1 aliphatic rings. The van der Waals surface area contributed by atoms with Gasteiger partial charge in [-0.1, -0.05) is 56.3 Å². The summed E-state index contributed by atoms with van der Waals surface area (Å²) in [6, 6.07) is 14.6. The van der Waals surface area contributed by atoms with Gasteiger partial charge in [-0.2, -0.15) is 0 Å². The van der Waals surface area contributed by atoms with Gasteiger partial charge in [0.2, 0.25) is 5.91 Å². The third-order valence-electron chi connectivity index (χ3n) is 5.11. The number of imide groups is 1. The molecule has 2 N–H and O–H groups in total. The zero-order valence-corrected chi connectivity index (χ0v) is 17.2. The first kappa shape index (κ1) is 21.5.